The number of ether oxygens (including phenoxy) is 1. The van der Waals surface area contributed by atoms with E-state index < -0.39 is 0 Å². The van der Waals surface area contributed by atoms with Gasteiger partial charge in [0.1, 0.15) is 12.4 Å². The van der Waals surface area contributed by atoms with Crippen molar-refractivity contribution in [1.29, 1.82) is 0 Å². The first-order chi connectivity index (χ1) is 7.79. The van der Waals surface area contributed by atoms with Crippen LogP contribution in [0, 0.1) is 0 Å². The molecule has 0 saturated heterocycles. The molecule has 0 radical (unpaired) electrons. The number of benzene rings is 1. The highest BCUT2D eigenvalue weighted by Gasteiger charge is 2.03. The molecule has 1 aromatic heterocycles. The van der Waals surface area contributed by atoms with Gasteiger partial charge in [-0.1, -0.05) is 12.1 Å². The molecule has 0 spiro atoms. The predicted molar refractivity (Wildman–Crippen MR) is 74.6 cm³/mol. The molecule has 2 aromatic rings. The minimum Gasteiger partial charge on any atom is -0.487 e. The SMILES string of the molecule is CSc1ccccc1OCc1ccc(Br)s1. The monoisotopic (exact) mass is 314 g/mol. The van der Waals surface area contributed by atoms with Crippen molar-refractivity contribution in [2.75, 3.05) is 6.26 Å². The molecule has 0 atom stereocenters. The Bertz CT molecular complexity index is 468. The molecule has 0 saturated carbocycles. The molecule has 2 rings (SSSR count). The van der Waals surface area contributed by atoms with Crippen LogP contribution in [0.5, 0.6) is 5.75 Å². The Morgan fingerprint density at radius 1 is 1.25 bits per heavy atom. The van der Waals surface area contributed by atoms with Crippen LogP contribution in [0.25, 0.3) is 0 Å². The van der Waals surface area contributed by atoms with Gasteiger partial charge >= 0.3 is 0 Å². The second kappa shape index (κ2) is 5.75. The first-order valence-electron chi connectivity index (χ1n) is 4.79. The highest BCUT2D eigenvalue weighted by Crippen LogP contribution is 2.29. The number of para-hydroxylation sites is 1. The van der Waals surface area contributed by atoms with Crippen LogP contribution >= 0.6 is 39.0 Å². The van der Waals surface area contributed by atoms with Gasteiger partial charge in [-0.25, -0.2) is 0 Å². The zero-order valence-electron chi connectivity index (χ0n) is 8.77. The quantitative estimate of drug-likeness (QED) is 0.749. The molecule has 0 fully saturated rings. The topological polar surface area (TPSA) is 9.23 Å². The first-order valence-corrected chi connectivity index (χ1v) is 7.63. The van der Waals surface area contributed by atoms with Gasteiger partial charge in [-0.3, -0.25) is 0 Å². The number of rotatable bonds is 4. The minimum absolute atomic E-state index is 0.633. The van der Waals surface area contributed by atoms with Crippen LogP contribution in [0.2, 0.25) is 0 Å². The molecule has 1 aromatic carbocycles. The minimum atomic E-state index is 0.633. The summed E-state index contributed by atoms with van der Waals surface area (Å²) in [4.78, 5) is 2.40. The zero-order valence-corrected chi connectivity index (χ0v) is 12.0. The van der Waals surface area contributed by atoms with Crippen LogP contribution in [0.1, 0.15) is 4.88 Å². The summed E-state index contributed by atoms with van der Waals surface area (Å²) in [7, 11) is 0. The van der Waals surface area contributed by atoms with Crippen molar-refractivity contribution in [2.24, 2.45) is 0 Å². The maximum absolute atomic E-state index is 5.80. The lowest BCUT2D eigenvalue weighted by Gasteiger charge is -2.08. The maximum Gasteiger partial charge on any atom is 0.133 e. The van der Waals surface area contributed by atoms with Gasteiger partial charge in [-0.05, 0) is 46.5 Å². The standard InChI is InChI=1S/C12H11BrOS2/c1-15-11-5-3-2-4-10(11)14-8-9-6-7-12(13)16-9/h2-7H,8H2,1H3. The van der Waals surface area contributed by atoms with Crippen LogP contribution in [-0.4, -0.2) is 6.26 Å². The Hall–Kier alpha value is -0.450. The smallest absolute Gasteiger partial charge is 0.133 e. The van der Waals surface area contributed by atoms with Crippen LogP contribution in [0.4, 0.5) is 0 Å². The van der Waals surface area contributed by atoms with Gasteiger partial charge in [0, 0.05) is 9.77 Å². The first kappa shape index (κ1) is 12.0. The molecule has 0 bridgehead atoms. The van der Waals surface area contributed by atoms with Crippen molar-refractivity contribution in [3.63, 3.8) is 0 Å². The molecule has 4 heteroatoms. The maximum atomic E-state index is 5.80. The fourth-order valence-corrected chi connectivity index (χ4v) is 3.26. The Labute approximate surface area is 112 Å². The summed E-state index contributed by atoms with van der Waals surface area (Å²) in [5.41, 5.74) is 0. The van der Waals surface area contributed by atoms with Crippen molar-refractivity contribution in [3.8, 4) is 5.75 Å². The van der Waals surface area contributed by atoms with E-state index in [0.29, 0.717) is 6.61 Å². The van der Waals surface area contributed by atoms with E-state index in [4.69, 9.17) is 4.74 Å². The molecule has 0 aliphatic heterocycles. The largest absolute Gasteiger partial charge is 0.487 e. The number of thioether (sulfide) groups is 1. The number of hydrogen-bond acceptors (Lipinski definition) is 3. The summed E-state index contributed by atoms with van der Waals surface area (Å²) >= 11 is 6.86. The zero-order chi connectivity index (χ0) is 11.4. The summed E-state index contributed by atoms with van der Waals surface area (Å²) in [6, 6.07) is 12.2. The van der Waals surface area contributed by atoms with E-state index in [0.717, 1.165) is 9.54 Å². The second-order valence-corrected chi connectivity index (χ2v) is 6.54. The van der Waals surface area contributed by atoms with Crippen molar-refractivity contribution in [1.82, 2.24) is 0 Å². The predicted octanol–water partition coefficient (Wildman–Crippen LogP) is 4.81. The molecule has 0 N–H and O–H groups in total. The summed E-state index contributed by atoms with van der Waals surface area (Å²) in [5, 5.41) is 0. The Kier molecular flexibility index (Phi) is 4.32. The molecule has 84 valence electrons. The van der Waals surface area contributed by atoms with Crippen LogP contribution in [0.3, 0.4) is 0 Å². The molecular formula is C12H11BrOS2. The lowest BCUT2D eigenvalue weighted by Crippen LogP contribution is -1.93. The van der Waals surface area contributed by atoms with E-state index in [1.165, 1.54) is 9.77 Å². The van der Waals surface area contributed by atoms with Gasteiger partial charge in [-0.2, -0.15) is 0 Å². The summed E-state index contributed by atoms with van der Waals surface area (Å²) in [5.74, 6) is 0.958. The van der Waals surface area contributed by atoms with E-state index in [9.17, 15) is 0 Å². The normalized spacial score (nSPS) is 10.4. The Morgan fingerprint density at radius 2 is 2.06 bits per heavy atom. The molecule has 0 amide bonds. The highest BCUT2D eigenvalue weighted by atomic mass is 79.9. The Morgan fingerprint density at radius 3 is 2.75 bits per heavy atom. The molecule has 1 nitrogen and oxygen atoms in total. The molecule has 0 aliphatic carbocycles. The van der Waals surface area contributed by atoms with Gasteiger partial charge in [0.15, 0.2) is 0 Å². The van der Waals surface area contributed by atoms with E-state index in [-0.39, 0.29) is 0 Å². The molecule has 0 unspecified atom stereocenters. The third-order valence-electron chi connectivity index (χ3n) is 2.07. The van der Waals surface area contributed by atoms with Crippen molar-refractivity contribution >= 4 is 39.0 Å². The summed E-state index contributed by atoms with van der Waals surface area (Å²) < 4.78 is 6.94. The van der Waals surface area contributed by atoms with Crippen LogP contribution < -0.4 is 4.74 Å². The summed E-state index contributed by atoms with van der Waals surface area (Å²) in [6.07, 6.45) is 2.06. The molecule has 1 heterocycles. The van der Waals surface area contributed by atoms with E-state index in [1.807, 2.05) is 24.3 Å². The van der Waals surface area contributed by atoms with Gasteiger partial charge in [0.25, 0.3) is 0 Å². The summed E-state index contributed by atoms with van der Waals surface area (Å²) in [6.45, 7) is 0.633. The van der Waals surface area contributed by atoms with Crippen LogP contribution in [0.15, 0.2) is 45.1 Å². The van der Waals surface area contributed by atoms with Gasteiger partial charge in [0.05, 0.1) is 3.79 Å². The number of hydrogen-bond donors (Lipinski definition) is 0. The molecule has 0 aliphatic rings. The van der Waals surface area contributed by atoms with Gasteiger partial charge in [-0.15, -0.1) is 23.1 Å². The van der Waals surface area contributed by atoms with Crippen molar-refractivity contribution < 1.29 is 4.74 Å². The number of halogens is 1. The van der Waals surface area contributed by atoms with Crippen LogP contribution in [-0.2, 0) is 6.61 Å². The van der Waals surface area contributed by atoms with Crippen molar-refractivity contribution in [2.45, 2.75) is 11.5 Å². The van der Waals surface area contributed by atoms with Gasteiger partial charge in [0.2, 0.25) is 0 Å². The fourth-order valence-electron chi connectivity index (χ4n) is 1.32. The average molecular weight is 315 g/mol. The highest BCUT2D eigenvalue weighted by molar-refractivity contribution is 9.11. The van der Waals surface area contributed by atoms with E-state index >= 15 is 0 Å². The molecule has 16 heavy (non-hydrogen) atoms. The average Bonchev–Trinajstić information content (AvgIpc) is 2.73. The van der Waals surface area contributed by atoms with Gasteiger partial charge < -0.3 is 4.74 Å². The lowest BCUT2D eigenvalue weighted by atomic mass is 10.3. The lowest BCUT2D eigenvalue weighted by molar-refractivity contribution is 0.302. The third-order valence-corrected chi connectivity index (χ3v) is 4.44. The van der Waals surface area contributed by atoms with Crippen molar-refractivity contribution in [3.05, 3.63) is 45.1 Å². The number of thiophene rings is 1. The Balaban J connectivity index is 2.04. The van der Waals surface area contributed by atoms with E-state index in [1.54, 1.807) is 23.1 Å². The van der Waals surface area contributed by atoms with E-state index in [2.05, 4.69) is 34.3 Å². The third kappa shape index (κ3) is 3.03. The molecular weight excluding hydrogens is 304 g/mol. The second-order valence-electron chi connectivity index (χ2n) is 3.15. The fraction of sp³-hybridized carbons (Fsp3) is 0.167.